The number of aromatic nitrogens is 1. The first-order valence-corrected chi connectivity index (χ1v) is 6.04. The Morgan fingerprint density at radius 2 is 1.47 bits per heavy atom. The van der Waals surface area contributed by atoms with E-state index in [2.05, 4.69) is 4.98 Å². The third kappa shape index (κ3) is 2.45. The Hall–Kier alpha value is -0.670. The number of benzene rings is 1. The van der Waals surface area contributed by atoms with Crippen molar-refractivity contribution < 1.29 is 0 Å². The normalized spacial score (nSPS) is 10.6. The highest BCUT2D eigenvalue weighted by molar-refractivity contribution is 6.49. The second-order valence-electron chi connectivity index (χ2n) is 3.27. The van der Waals surface area contributed by atoms with Crippen LogP contribution in [0.1, 0.15) is 0 Å². The number of halogens is 4. The minimum Gasteiger partial charge on any atom is -0.312 e. The molecule has 0 saturated carbocycles. The Kier molecular flexibility index (Phi) is 3.69. The molecule has 1 aromatic heterocycles. The average molecular weight is 309 g/mol. The van der Waals surface area contributed by atoms with Gasteiger partial charge in [-0.15, -0.1) is 0 Å². The predicted octanol–water partition coefficient (Wildman–Crippen LogP) is 4.66. The van der Waals surface area contributed by atoms with Crippen LogP contribution in [0.2, 0.25) is 20.2 Å². The first kappa shape index (κ1) is 12.8. The van der Waals surface area contributed by atoms with Gasteiger partial charge in [-0.3, -0.25) is 4.79 Å². The monoisotopic (exact) mass is 307 g/mol. The van der Waals surface area contributed by atoms with Crippen LogP contribution in [0.15, 0.2) is 29.1 Å². The highest BCUT2D eigenvalue weighted by atomic mass is 35.5. The lowest BCUT2D eigenvalue weighted by Gasteiger charge is -2.08. The summed E-state index contributed by atoms with van der Waals surface area (Å²) in [6.07, 6.45) is 0. The van der Waals surface area contributed by atoms with Gasteiger partial charge in [0.15, 0.2) is 0 Å². The molecule has 2 nitrogen and oxygen atoms in total. The number of hydrogen-bond donors (Lipinski definition) is 1. The molecule has 6 heteroatoms. The topological polar surface area (TPSA) is 32.9 Å². The smallest absolute Gasteiger partial charge is 0.249 e. The van der Waals surface area contributed by atoms with Crippen molar-refractivity contribution in [1.82, 2.24) is 4.98 Å². The fraction of sp³-hybridized carbons (Fsp3) is 0. The Bertz CT molecular complexity index is 636. The zero-order valence-electron chi connectivity index (χ0n) is 8.23. The van der Waals surface area contributed by atoms with Gasteiger partial charge in [-0.25, -0.2) is 0 Å². The lowest BCUT2D eigenvalue weighted by Crippen LogP contribution is -2.03. The number of H-pyrrole nitrogens is 1. The molecule has 0 aliphatic carbocycles. The second-order valence-corrected chi connectivity index (χ2v) is 4.81. The zero-order chi connectivity index (χ0) is 12.6. The largest absolute Gasteiger partial charge is 0.312 e. The summed E-state index contributed by atoms with van der Waals surface area (Å²) in [5, 5.41) is 1.12. The maximum absolute atomic E-state index is 11.1. The summed E-state index contributed by atoms with van der Waals surface area (Å²) < 4.78 is 0. The maximum Gasteiger partial charge on any atom is 0.249 e. The van der Waals surface area contributed by atoms with Gasteiger partial charge in [0.25, 0.3) is 0 Å². The highest BCUT2D eigenvalue weighted by Gasteiger charge is 2.13. The third-order valence-corrected chi connectivity index (χ3v) is 3.79. The van der Waals surface area contributed by atoms with Crippen molar-refractivity contribution >= 4 is 46.4 Å². The number of hydrogen-bond acceptors (Lipinski definition) is 1. The van der Waals surface area contributed by atoms with E-state index in [1.807, 2.05) is 0 Å². The van der Waals surface area contributed by atoms with Crippen LogP contribution in [-0.4, -0.2) is 4.98 Å². The Labute approximate surface area is 117 Å². The number of aromatic amines is 1. The van der Waals surface area contributed by atoms with Crippen molar-refractivity contribution in [2.45, 2.75) is 0 Å². The van der Waals surface area contributed by atoms with E-state index >= 15 is 0 Å². The molecule has 0 fully saturated rings. The molecule has 1 heterocycles. The first-order chi connectivity index (χ1) is 8.00. The van der Waals surface area contributed by atoms with Crippen LogP contribution in [0.4, 0.5) is 0 Å². The molecule has 0 aliphatic rings. The third-order valence-electron chi connectivity index (χ3n) is 2.20. The first-order valence-electron chi connectivity index (χ1n) is 4.53. The molecule has 0 amide bonds. The van der Waals surface area contributed by atoms with Crippen LogP contribution in [0, 0.1) is 0 Å². The average Bonchev–Trinajstić information content (AvgIpc) is 2.28. The molecule has 1 N–H and O–H groups in total. The van der Waals surface area contributed by atoms with Gasteiger partial charge in [0.1, 0.15) is 5.15 Å². The Morgan fingerprint density at radius 1 is 0.824 bits per heavy atom. The van der Waals surface area contributed by atoms with E-state index in [0.29, 0.717) is 21.2 Å². The van der Waals surface area contributed by atoms with Crippen LogP contribution < -0.4 is 5.56 Å². The molecule has 0 atom stereocenters. The van der Waals surface area contributed by atoms with Gasteiger partial charge in [0.05, 0.1) is 15.1 Å². The Balaban J connectivity index is 2.69. The van der Waals surface area contributed by atoms with E-state index < -0.39 is 0 Å². The molecule has 0 aliphatic heterocycles. The lowest BCUT2D eigenvalue weighted by atomic mass is 10.1. The van der Waals surface area contributed by atoms with Gasteiger partial charge in [0, 0.05) is 17.2 Å². The molecule has 0 saturated heterocycles. The summed E-state index contributed by atoms with van der Waals surface area (Å²) in [6, 6.07) is 6.25. The van der Waals surface area contributed by atoms with E-state index in [-0.39, 0.29) is 15.7 Å². The van der Waals surface area contributed by atoms with Crippen molar-refractivity contribution in [2.24, 2.45) is 0 Å². The molecular weight excluding hydrogens is 304 g/mol. The molecular formula is C11H5Cl4NO. The summed E-state index contributed by atoms with van der Waals surface area (Å²) in [5.41, 5.74) is 0.923. The molecule has 0 unspecified atom stereocenters. The van der Waals surface area contributed by atoms with Crippen LogP contribution in [0.5, 0.6) is 0 Å². The van der Waals surface area contributed by atoms with Gasteiger partial charge in [-0.1, -0.05) is 52.5 Å². The van der Waals surface area contributed by atoms with Crippen molar-refractivity contribution in [3.05, 3.63) is 54.8 Å². The van der Waals surface area contributed by atoms with Crippen molar-refractivity contribution in [3.63, 3.8) is 0 Å². The van der Waals surface area contributed by atoms with Gasteiger partial charge in [-0.05, 0) is 12.1 Å². The van der Waals surface area contributed by atoms with Crippen LogP contribution in [0.25, 0.3) is 11.1 Å². The number of pyridine rings is 1. The van der Waals surface area contributed by atoms with Crippen LogP contribution in [-0.2, 0) is 0 Å². The second kappa shape index (κ2) is 4.91. The van der Waals surface area contributed by atoms with Gasteiger partial charge in [0.2, 0.25) is 5.56 Å². The van der Waals surface area contributed by atoms with Crippen molar-refractivity contribution in [2.75, 3.05) is 0 Å². The van der Waals surface area contributed by atoms with Gasteiger partial charge < -0.3 is 4.98 Å². The summed E-state index contributed by atoms with van der Waals surface area (Å²) in [6.45, 7) is 0. The van der Waals surface area contributed by atoms with E-state index in [9.17, 15) is 4.79 Å². The SMILES string of the molecule is O=c1ccc(-c2ccc(Cl)c(Cl)c2Cl)c(Cl)[nH]1. The zero-order valence-corrected chi connectivity index (χ0v) is 11.3. The van der Waals surface area contributed by atoms with Crippen molar-refractivity contribution in [1.29, 1.82) is 0 Å². The number of nitrogens with one attached hydrogen (secondary N) is 1. The van der Waals surface area contributed by atoms with E-state index in [1.165, 1.54) is 6.07 Å². The van der Waals surface area contributed by atoms with E-state index in [1.54, 1.807) is 18.2 Å². The van der Waals surface area contributed by atoms with Crippen molar-refractivity contribution in [3.8, 4) is 11.1 Å². The summed E-state index contributed by atoms with van der Waals surface area (Å²) in [5.74, 6) is 0. The van der Waals surface area contributed by atoms with E-state index in [4.69, 9.17) is 46.4 Å². The quantitative estimate of drug-likeness (QED) is 0.603. The molecule has 2 aromatic rings. The molecule has 0 spiro atoms. The molecule has 17 heavy (non-hydrogen) atoms. The van der Waals surface area contributed by atoms with Gasteiger partial charge >= 0.3 is 0 Å². The summed E-state index contributed by atoms with van der Waals surface area (Å²) >= 11 is 23.8. The lowest BCUT2D eigenvalue weighted by molar-refractivity contribution is 1.24. The Morgan fingerprint density at radius 3 is 2.12 bits per heavy atom. The van der Waals surface area contributed by atoms with E-state index in [0.717, 1.165) is 0 Å². The minimum absolute atomic E-state index is 0.206. The minimum atomic E-state index is -0.282. The standard InChI is InChI=1S/C11H5Cl4NO/c12-7-3-1-5(9(13)10(7)14)6-2-4-8(17)16-11(6)15/h1-4H,(H,16,17). The van der Waals surface area contributed by atoms with Crippen LogP contribution in [0.3, 0.4) is 0 Å². The van der Waals surface area contributed by atoms with Crippen LogP contribution >= 0.6 is 46.4 Å². The summed E-state index contributed by atoms with van der Waals surface area (Å²) in [4.78, 5) is 13.5. The molecule has 88 valence electrons. The summed E-state index contributed by atoms with van der Waals surface area (Å²) in [7, 11) is 0. The molecule has 2 rings (SSSR count). The molecule has 0 bridgehead atoms. The number of rotatable bonds is 1. The highest BCUT2D eigenvalue weighted by Crippen LogP contribution is 2.39. The molecule has 0 radical (unpaired) electrons. The fourth-order valence-electron chi connectivity index (χ4n) is 1.39. The van der Waals surface area contributed by atoms with Gasteiger partial charge in [-0.2, -0.15) is 0 Å². The molecule has 1 aromatic carbocycles. The predicted molar refractivity (Wildman–Crippen MR) is 72.5 cm³/mol. The fourth-order valence-corrected chi connectivity index (χ4v) is 2.29. The maximum atomic E-state index is 11.1.